The van der Waals surface area contributed by atoms with Crippen LogP contribution in [-0.2, 0) is 13.0 Å². The van der Waals surface area contributed by atoms with E-state index in [-0.39, 0.29) is 18.6 Å². The molecule has 1 aliphatic heterocycles. The van der Waals surface area contributed by atoms with Gasteiger partial charge in [-0.1, -0.05) is 18.2 Å². The zero-order chi connectivity index (χ0) is 15.8. The van der Waals surface area contributed by atoms with Crippen LogP contribution in [0, 0.1) is 0 Å². The Morgan fingerprint density at radius 1 is 1.30 bits per heavy atom. The Balaban J connectivity index is 1.73. The molecular weight excluding hydrogens is 290 g/mol. The maximum Gasteiger partial charge on any atom is 0.256 e. The molecule has 1 amide bonds. The number of H-pyrrole nitrogens is 1. The van der Waals surface area contributed by atoms with Crippen molar-refractivity contribution >= 4 is 16.8 Å². The molecule has 5 heteroatoms. The van der Waals surface area contributed by atoms with Gasteiger partial charge in [-0.3, -0.25) is 9.78 Å². The van der Waals surface area contributed by atoms with Crippen LogP contribution in [0.25, 0.3) is 10.9 Å². The highest BCUT2D eigenvalue weighted by molar-refractivity contribution is 5.94. The molecule has 2 aromatic heterocycles. The Labute approximate surface area is 133 Å². The van der Waals surface area contributed by atoms with Crippen molar-refractivity contribution in [1.29, 1.82) is 0 Å². The number of pyridine rings is 1. The number of fused-ring (bicyclic) bond motifs is 3. The van der Waals surface area contributed by atoms with Crippen LogP contribution in [0.3, 0.4) is 0 Å². The van der Waals surface area contributed by atoms with Gasteiger partial charge < -0.3 is 15.0 Å². The van der Waals surface area contributed by atoms with Crippen molar-refractivity contribution in [2.45, 2.75) is 19.0 Å². The molecule has 3 heterocycles. The first-order valence-electron chi connectivity index (χ1n) is 7.68. The second-order valence-corrected chi connectivity index (χ2v) is 5.84. The molecular formula is C18H17N3O2. The SMILES string of the molecule is O=C(c1cccnc1)N1Cc2[nH]c3ccccc3c2CC1CO. The summed E-state index contributed by atoms with van der Waals surface area (Å²) in [6.07, 6.45) is 3.87. The van der Waals surface area contributed by atoms with Crippen molar-refractivity contribution in [3.63, 3.8) is 0 Å². The number of aromatic amines is 1. The lowest BCUT2D eigenvalue weighted by Crippen LogP contribution is -2.46. The van der Waals surface area contributed by atoms with E-state index < -0.39 is 0 Å². The Kier molecular flexibility index (Phi) is 3.35. The van der Waals surface area contributed by atoms with Crippen molar-refractivity contribution in [3.8, 4) is 0 Å². The average molecular weight is 307 g/mol. The predicted octanol–water partition coefficient (Wildman–Crippen LogP) is 2.12. The Morgan fingerprint density at radius 2 is 2.17 bits per heavy atom. The van der Waals surface area contributed by atoms with Gasteiger partial charge in [0.25, 0.3) is 5.91 Å². The highest BCUT2D eigenvalue weighted by Crippen LogP contribution is 2.30. The number of amides is 1. The van der Waals surface area contributed by atoms with Crippen molar-refractivity contribution in [2.75, 3.05) is 6.61 Å². The van der Waals surface area contributed by atoms with Crippen molar-refractivity contribution in [3.05, 3.63) is 65.6 Å². The standard InChI is InChI=1S/C18H17N3O2/c22-11-13-8-15-14-5-1-2-6-16(14)20-17(15)10-21(13)18(23)12-4-3-7-19-9-12/h1-7,9,13,20,22H,8,10-11H2. The molecule has 1 aliphatic rings. The number of hydrogen-bond donors (Lipinski definition) is 2. The van der Waals surface area contributed by atoms with E-state index in [1.54, 1.807) is 29.4 Å². The van der Waals surface area contributed by atoms with Crippen LogP contribution in [0.2, 0.25) is 0 Å². The van der Waals surface area contributed by atoms with Crippen molar-refractivity contribution < 1.29 is 9.90 Å². The Bertz CT molecular complexity index is 857. The van der Waals surface area contributed by atoms with E-state index in [0.717, 1.165) is 11.2 Å². The van der Waals surface area contributed by atoms with Crippen LogP contribution in [0.5, 0.6) is 0 Å². The molecule has 0 saturated carbocycles. The number of nitrogens with zero attached hydrogens (tertiary/aromatic N) is 2. The molecule has 0 spiro atoms. The molecule has 1 unspecified atom stereocenters. The number of hydrogen-bond acceptors (Lipinski definition) is 3. The Morgan fingerprint density at radius 3 is 2.96 bits per heavy atom. The van der Waals surface area contributed by atoms with E-state index in [0.29, 0.717) is 18.5 Å². The molecule has 5 nitrogen and oxygen atoms in total. The minimum Gasteiger partial charge on any atom is -0.394 e. The third kappa shape index (κ3) is 2.29. The maximum absolute atomic E-state index is 12.8. The summed E-state index contributed by atoms with van der Waals surface area (Å²) < 4.78 is 0. The fourth-order valence-corrected chi connectivity index (χ4v) is 3.33. The van der Waals surface area contributed by atoms with Crippen LogP contribution in [0.15, 0.2) is 48.8 Å². The molecule has 0 fully saturated rings. The summed E-state index contributed by atoms with van der Waals surface area (Å²) in [6, 6.07) is 11.4. The largest absolute Gasteiger partial charge is 0.394 e. The quantitative estimate of drug-likeness (QED) is 0.762. The highest BCUT2D eigenvalue weighted by atomic mass is 16.3. The van der Waals surface area contributed by atoms with Crippen molar-refractivity contribution in [1.82, 2.24) is 14.9 Å². The molecule has 1 atom stereocenters. The van der Waals surface area contributed by atoms with Crippen LogP contribution in [-0.4, -0.2) is 38.5 Å². The molecule has 4 rings (SSSR count). The third-order valence-corrected chi connectivity index (χ3v) is 4.49. The van der Waals surface area contributed by atoms with Gasteiger partial charge >= 0.3 is 0 Å². The zero-order valence-electron chi connectivity index (χ0n) is 12.6. The first kappa shape index (κ1) is 14.0. The topological polar surface area (TPSA) is 69.2 Å². The average Bonchev–Trinajstić information content (AvgIpc) is 2.98. The normalized spacial score (nSPS) is 17.3. The fraction of sp³-hybridized carbons (Fsp3) is 0.222. The number of rotatable bonds is 2. The summed E-state index contributed by atoms with van der Waals surface area (Å²) in [5.41, 5.74) is 3.87. The summed E-state index contributed by atoms with van der Waals surface area (Å²) >= 11 is 0. The first-order chi connectivity index (χ1) is 11.3. The number of nitrogens with one attached hydrogen (secondary N) is 1. The lowest BCUT2D eigenvalue weighted by atomic mass is 9.96. The van der Waals surface area contributed by atoms with E-state index in [9.17, 15) is 9.90 Å². The monoisotopic (exact) mass is 307 g/mol. The maximum atomic E-state index is 12.8. The second-order valence-electron chi connectivity index (χ2n) is 5.84. The molecule has 0 radical (unpaired) electrons. The van der Waals surface area contributed by atoms with E-state index in [4.69, 9.17) is 0 Å². The van der Waals surface area contributed by atoms with Gasteiger partial charge in [0.2, 0.25) is 0 Å². The van der Waals surface area contributed by atoms with Gasteiger partial charge in [-0.2, -0.15) is 0 Å². The van der Waals surface area contributed by atoms with Gasteiger partial charge in [0.05, 0.1) is 24.8 Å². The molecule has 1 aromatic carbocycles. The summed E-state index contributed by atoms with van der Waals surface area (Å²) in [7, 11) is 0. The van der Waals surface area contributed by atoms with E-state index in [1.807, 2.05) is 18.2 Å². The predicted molar refractivity (Wildman–Crippen MR) is 87.0 cm³/mol. The first-order valence-corrected chi connectivity index (χ1v) is 7.68. The molecule has 0 bridgehead atoms. The summed E-state index contributed by atoms with van der Waals surface area (Å²) in [5, 5.41) is 10.9. The van der Waals surface area contributed by atoms with Gasteiger partial charge in [0.1, 0.15) is 0 Å². The van der Waals surface area contributed by atoms with E-state index >= 15 is 0 Å². The fourth-order valence-electron chi connectivity index (χ4n) is 3.33. The van der Waals surface area contributed by atoms with Crippen LogP contribution < -0.4 is 0 Å². The minimum atomic E-state index is -0.214. The summed E-state index contributed by atoms with van der Waals surface area (Å²) in [5.74, 6) is -0.0959. The number of aromatic nitrogens is 2. The zero-order valence-corrected chi connectivity index (χ0v) is 12.6. The van der Waals surface area contributed by atoms with E-state index in [1.165, 1.54) is 10.9 Å². The van der Waals surface area contributed by atoms with Crippen LogP contribution >= 0.6 is 0 Å². The number of aliphatic hydroxyl groups is 1. The highest BCUT2D eigenvalue weighted by Gasteiger charge is 2.32. The Hall–Kier alpha value is -2.66. The number of carbonyl (C=O) groups excluding carboxylic acids is 1. The lowest BCUT2D eigenvalue weighted by molar-refractivity contribution is 0.0541. The van der Waals surface area contributed by atoms with Gasteiger partial charge in [-0.25, -0.2) is 0 Å². The second kappa shape index (κ2) is 5.52. The number of benzene rings is 1. The van der Waals surface area contributed by atoms with Crippen molar-refractivity contribution in [2.24, 2.45) is 0 Å². The van der Waals surface area contributed by atoms with E-state index in [2.05, 4.69) is 16.0 Å². The molecule has 0 aliphatic carbocycles. The lowest BCUT2D eigenvalue weighted by Gasteiger charge is -2.34. The number of aliphatic hydroxyl groups excluding tert-OH is 1. The summed E-state index contributed by atoms with van der Waals surface area (Å²) in [4.78, 5) is 21.9. The molecule has 3 aromatic rings. The van der Waals surface area contributed by atoms with Crippen LogP contribution in [0.4, 0.5) is 0 Å². The smallest absolute Gasteiger partial charge is 0.256 e. The van der Waals surface area contributed by atoms with Gasteiger partial charge in [0.15, 0.2) is 0 Å². The number of carbonyl (C=O) groups is 1. The van der Waals surface area contributed by atoms with Gasteiger partial charge in [0, 0.05) is 29.0 Å². The summed E-state index contributed by atoms with van der Waals surface area (Å²) in [6.45, 7) is 0.425. The molecule has 116 valence electrons. The molecule has 2 N–H and O–H groups in total. The molecule has 0 saturated heterocycles. The third-order valence-electron chi connectivity index (χ3n) is 4.49. The van der Waals surface area contributed by atoms with Gasteiger partial charge in [-0.05, 0) is 30.2 Å². The van der Waals surface area contributed by atoms with Gasteiger partial charge in [-0.15, -0.1) is 0 Å². The van der Waals surface area contributed by atoms with Crippen LogP contribution in [0.1, 0.15) is 21.6 Å². The number of para-hydroxylation sites is 1. The minimum absolute atomic E-state index is 0.0506. The molecule has 23 heavy (non-hydrogen) atoms.